The molecule has 0 bridgehead atoms. The fraction of sp³-hybridized carbons (Fsp3) is 0.208. The minimum absolute atomic E-state index is 0.0239. The fourth-order valence-corrected chi connectivity index (χ4v) is 3.42. The van der Waals surface area contributed by atoms with E-state index in [0.29, 0.717) is 0 Å². The Hall–Kier alpha value is -1.21. The predicted octanol–water partition coefficient (Wildman–Crippen LogP) is 8.47. The molecule has 0 aliphatic rings. The van der Waals surface area contributed by atoms with Crippen LogP contribution in [0.1, 0.15) is 32.1 Å². The summed E-state index contributed by atoms with van der Waals surface area (Å²) in [7, 11) is 9.87. The van der Waals surface area contributed by atoms with Crippen molar-refractivity contribution in [2.24, 2.45) is 0 Å². The third-order valence-corrected chi connectivity index (χ3v) is 4.79. The molecule has 0 saturated heterocycles. The Labute approximate surface area is 185 Å². The summed E-state index contributed by atoms with van der Waals surface area (Å²) in [5.74, 6) is 1.96. The van der Waals surface area contributed by atoms with Gasteiger partial charge in [0.25, 0.3) is 0 Å². The number of aryl methyl sites for hydroxylation is 1. The van der Waals surface area contributed by atoms with E-state index in [1.54, 1.807) is 0 Å². The third kappa shape index (κ3) is 4.68. The van der Waals surface area contributed by atoms with Gasteiger partial charge in [0.15, 0.2) is 0 Å². The number of fused-ring (bicyclic) bond motifs is 1. The van der Waals surface area contributed by atoms with Gasteiger partial charge in [-0.2, -0.15) is 0 Å². The zero-order chi connectivity index (χ0) is 20.3. The van der Waals surface area contributed by atoms with E-state index in [9.17, 15) is 0 Å². The maximum absolute atomic E-state index is 6.14. The van der Waals surface area contributed by atoms with Crippen molar-refractivity contribution in [3.8, 4) is 22.5 Å². The van der Waals surface area contributed by atoms with Crippen LogP contribution in [0.3, 0.4) is 0 Å². The molecule has 0 N–H and O–H groups in total. The second-order valence-corrected chi connectivity index (χ2v) is 11.6. The molecule has 1 nitrogen and oxygen atoms in total. The van der Waals surface area contributed by atoms with Gasteiger partial charge in [-0.3, -0.25) is 0 Å². The monoisotopic (exact) mass is 487 g/mol. The van der Waals surface area contributed by atoms with Crippen molar-refractivity contribution >= 4 is 27.8 Å². The van der Waals surface area contributed by atoms with Crippen LogP contribution in [0.2, 0.25) is 0 Å². The number of hydrogen-bond acceptors (Lipinski definition) is 1. The predicted molar refractivity (Wildman–Crippen MR) is 118 cm³/mol. The fourth-order valence-electron chi connectivity index (χ4n) is 3.42. The molecule has 0 amide bonds. The first kappa shape index (κ1) is 21.5. The molecule has 0 atom stereocenters. The van der Waals surface area contributed by atoms with Crippen molar-refractivity contribution in [1.29, 1.82) is 0 Å². The van der Waals surface area contributed by atoms with Crippen LogP contribution >= 0.6 is 17.0 Å². The van der Waals surface area contributed by atoms with Crippen LogP contribution < -0.4 is 0 Å². The van der Waals surface area contributed by atoms with Gasteiger partial charge >= 0.3 is 37.9 Å². The Morgan fingerprint density at radius 2 is 1.61 bits per heavy atom. The number of halogens is 2. The molecule has 0 saturated carbocycles. The number of rotatable bonds is 2. The summed E-state index contributed by atoms with van der Waals surface area (Å²) in [4.78, 5) is 0. The van der Waals surface area contributed by atoms with E-state index in [2.05, 4.69) is 94.4 Å². The van der Waals surface area contributed by atoms with Crippen LogP contribution in [-0.2, 0) is 26.3 Å². The molecule has 4 heteroatoms. The van der Waals surface area contributed by atoms with Crippen molar-refractivity contribution in [2.45, 2.75) is 33.1 Å². The molecule has 3 aromatic carbocycles. The van der Waals surface area contributed by atoms with Crippen molar-refractivity contribution in [3.05, 3.63) is 78.1 Å². The SMILES string of the molecule is Cc1ccc2[cH-]c(-c3ccc(C(C)(C)C)o3)cc2c1-c1ccccc1.[Cl][Zr][Cl]. The number of benzene rings is 2. The first-order valence-corrected chi connectivity index (χ1v) is 15.5. The van der Waals surface area contributed by atoms with Crippen LogP contribution in [0, 0.1) is 6.92 Å². The van der Waals surface area contributed by atoms with Gasteiger partial charge in [-0.25, -0.2) is 0 Å². The van der Waals surface area contributed by atoms with Gasteiger partial charge in [-0.05, 0) is 30.2 Å². The van der Waals surface area contributed by atoms with Gasteiger partial charge < -0.3 is 4.42 Å². The number of hydrogen-bond donors (Lipinski definition) is 0. The Kier molecular flexibility index (Phi) is 6.97. The summed E-state index contributed by atoms with van der Waals surface area (Å²) in [6, 6.07) is 23.7. The standard InChI is InChI=1S/C24H23O.2ClH.Zr/c1-16-10-11-18-14-19(21-12-13-22(25-21)24(2,3)4)15-20(18)23(16)17-8-6-5-7-9-17;;;/h5-15H,1-4H3;2*1H;/q-1;;;+2/p-2. The summed E-state index contributed by atoms with van der Waals surface area (Å²) in [5, 5.41) is 2.54. The maximum atomic E-state index is 6.14. The summed E-state index contributed by atoms with van der Waals surface area (Å²) in [6.07, 6.45) is 0. The first-order valence-electron chi connectivity index (χ1n) is 9.17. The molecule has 144 valence electrons. The van der Waals surface area contributed by atoms with Crippen molar-refractivity contribution in [3.63, 3.8) is 0 Å². The molecular weight excluding hydrogens is 466 g/mol. The van der Waals surface area contributed by atoms with Crippen molar-refractivity contribution in [1.82, 2.24) is 0 Å². The summed E-state index contributed by atoms with van der Waals surface area (Å²) < 4.78 is 6.14. The van der Waals surface area contributed by atoms with E-state index in [1.807, 2.05) is 0 Å². The van der Waals surface area contributed by atoms with Crippen LogP contribution in [0.4, 0.5) is 0 Å². The molecule has 4 aromatic rings. The topological polar surface area (TPSA) is 13.1 Å². The number of furan rings is 1. The summed E-state index contributed by atoms with van der Waals surface area (Å²) >= 11 is -0.826. The average Bonchev–Trinajstić information content (AvgIpc) is 3.29. The van der Waals surface area contributed by atoms with Gasteiger partial charge in [0.1, 0.15) is 0 Å². The van der Waals surface area contributed by atoms with Crippen molar-refractivity contribution < 1.29 is 25.3 Å². The van der Waals surface area contributed by atoms with Crippen LogP contribution in [-0.4, -0.2) is 0 Å². The quantitative estimate of drug-likeness (QED) is 0.257. The van der Waals surface area contributed by atoms with E-state index in [1.165, 1.54) is 27.5 Å². The minimum atomic E-state index is -0.826. The molecule has 28 heavy (non-hydrogen) atoms. The molecule has 0 fully saturated rings. The van der Waals surface area contributed by atoms with E-state index >= 15 is 0 Å². The summed E-state index contributed by atoms with van der Waals surface area (Å²) in [5.41, 5.74) is 5.04. The van der Waals surface area contributed by atoms with Gasteiger partial charge in [0.05, 0.1) is 11.5 Å². The van der Waals surface area contributed by atoms with E-state index in [0.717, 1.165) is 17.1 Å². The molecule has 4 rings (SSSR count). The Bertz CT molecular complexity index is 1060. The van der Waals surface area contributed by atoms with Crippen LogP contribution in [0.5, 0.6) is 0 Å². The van der Waals surface area contributed by atoms with Gasteiger partial charge in [-0.1, -0.05) is 68.3 Å². The molecular formula is C24H23Cl2OZr-. The van der Waals surface area contributed by atoms with Gasteiger partial charge in [0.2, 0.25) is 0 Å². The molecule has 0 radical (unpaired) electrons. The van der Waals surface area contributed by atoms with Gasteiger partial charge in [-0.15, -0.1) is 29.0 Å². The van der Waals surface area contributed by atoms with E-state index < -0.39 is 20.8 Å². The summed E-state index contributed by atoms with van der Waals surface area (Å²) in [6.45, 7) is 8.70. The molecule has 0 spiro atoms. The molecule has 0 unspecified atom stereocenters. The Morgan fingerprint density at radius 3 is 2.21 bits per heavy atom. The molecule has 0 aliphatic heterocycles. The van der Waals surface area contributed by atoms with Crippen molar-refractivity contribution in [2.75, 3.05) is 0 Å². The van der Waals surface area contributed by atoms with Gasteiger partial charge in [0, 0.05) is 5.41 Å². The second-order valence-electron chi connectivity index (χ2n) is 7.86. The van der Waals surface area contributed by atoms with E-state index in [4.69, 9.17) is 21.4 Å². The molecule has 0 aliphatic carbocycles. The Balaban J connectivity index is 0.000000706. The normalized spacial score (nSPS) is 11.2. The van der Waals surface area contributed by atoms with Crippen LogP contribution in [0.25, 0.3) is 33.2 Å². The molecule has 1 heterocycles. The average molecular weight is 490 g/mol. The van der Waals surface area contributed by atoms with Crippen LogP contribution in [0.15, 0.2) is 71.1 Å². The Morgan fingerprint density at radius 1 is 0.929 bits per heavy atom. The zero-order valence-corrected chi connectivity index (χ0v) is 20.5. The zero-order valence-electron chi connectivity index (χ0n) is 16.5. The third-order valence-electron chi connectivity index (χ3n) is 4.79. The first-order chi connectivity index (χ1) is 13.3. The second kappa shape index (κ2) is 9.08. The van der Waals surface area contributed by atoms with E-state index in [-0.39, 0.29) is 5.41 Å². The molecule has 1 aromatic heterocycles.